The molecule has 3 aliphatic rings. The number of ether oxygens (including phenoxy) is 1. The maximum Gasteiger partial charge on any atom is 0.343 e. The number of rotatable bonds is 3. The molecule has 2 aliphatic carbocycles. The van der Waals surface area contributed by atoms with Crippen molar-refractivity contribution < 1.29 is 19.1 Å². The van der Waals surface area contributed by atoms with Crippen LogP contribution >= 0.6 is 0 Å². The standard InChI is InChI=1S/C30H23NO4/c1-17-9-11-19(12-10-17)30(34)35-20-15-13-18(14-16-20)25-26-23(7-4-8-24(26)32)31-28-21-5-2-3-6-22(21)29(33)27(25)28/h2-3,5-6,9-16,25,27H,4,7-8H2,1H3/t25-,27-/m1/s1. The lowest BCUT2D eigenvalue weighted by Crippen LogP contribution is -2.33. The van der Waals surface area contributed by atoms with E-state index in [-0.39, 0.29) is 11.6 Å². The average molecular weight is 462 g/mol. The molecule has 0 aromatic heterocycles. The van der Waals surface area contributed by atoms with Gasteiger partial charge >= 0.3 is 5.97 Å². The van der Waals surface area contributed by atoms with Gasteiger partial charge in [0, 0.05) is 34.7 Å². The molecule has 0 unspecified atom stereocenters. The Kier molecular flexibility index (Phi) is 5.06. The summed E-state index contributed by atoms with van der Waals surface area (Å²) >= 11 is 0. The molecule has 1 heterocycles. The fraction of sp³-hybridized carbons (Fsp3) is 0.200. The Bertz CT molecular complexity index is 1440. The van der Waals surface area contributed by atoms with Gasteiger partial charge in [-0.3, -0.25) is 14.6 Å². The molecular weight excluding hydrogens is 438 g/mol. The summed E-state index contributed by atoms with van der Waals surface area (Å²) in [6.07, 6.45) is 1.98. The summed E-state index contributed by atoms with van der Waals surface area (Å²) in [5.74, 6) is -0.865. The zero-order chi connectivity index (χ0) is 24.1. The van der Waals surface area contributed by atoms with Crippen LogP contribution in [0.25, 0.3) is 0 Å². The van der Waals surface area contributed by atoms with E-state index in [9.17, 15) is 14.4 Å². The quantitative estimate of drug-likeness (QED) is 0.375. The van der Waals surface area contributed by atoms with Crippen molar-refractivity contribution in [3.8, 4) is 5.75 Å². The molecule has 0 bridgehead atoms. The molecule has 1 aliphatic heterocycles. The number of aliphatic imine (C=N–C) groups is 1. The van der Waals surface area contributed by atoms with Gasteiger partial charge < -0.3 is 4.74 Å². The van der Waals surface area contributed by atoms with E-state index in [1.165, 1.54) is 0 Å². The van der Waals surface area contributed by atoms with Crippen LogP contribution in [-0.2, 0) is 4.79 Å². The molecule has 35 heavy (non-hydrogen) atoms. The van der Waals surface area contributed by atoms with E-state index in [4.69, 9.17) is 9.73 Å². The number of carbonyl (C=O) groups is 3. The number of carbonyl (C=O) groups excluding carboxylic acids is 3. The minimum Gasteiger partial charge on any atom is -0.423 e. The molecule has 172 valence electrons. The van der Waals surface area contributed by atoms with Crippen molar-refractivity contribution in [1.82, 2.24) is 0 Å². The highest BCUT2D eigenvalue weighted by Crippen LogP contribution is 2.48. The number of hydrogen-bond acceptors (Lipinski definition) is 5. The van der Waals surface area contributed by atoms with Crippen molar-refractivity contribution in [1.29, 1.82) is 0 Å². The number of allylic oxidation sites excluding steroid dienone is 2. The Morgan fingerprint density at radius 1 is 0.857 bits per heavy atom. The number of fused-ring (bicyclic) bond motifs is 3. The first-order valence-electron chi connectivity index (χ1n) is 11.9. The number of aryl methyl sites for hydroxylation is 1. The monoisotopic (exact) mass is 461 g/mol. The maximum atomic E-state index is 13.5. The Balaban J connectivity index is 1.36. The summed E-state index contributed by atoms with van der Waals surface area (Å²) in [5, 5.41) is 0. The smallest absolute Gasteiger partial charge is 0.343 e. The fourth-order valence-electron chi connectivity index (χ4n) is 5.41. The van der Waals surface area contributed by atoms with Crippen LogP contribution in [0.15, 0.2) is 89.1 Å². The average Bonchev–Trinajstić information content (AvgIpc) is 3.16. The number of Topliss-reactive ketones (excluding diaryl/α,β-unsaturated/α-hetero) is 2. The van der Waals surface area contributed by atoms with Gasteiger partial charge in [0.25, 0.3) is 0 Å². The van der Waals surface area contributed by atoms with Gasteiger partial charge in [0.2, 0.25) is 0 Å². The molecule has 0 spiro atoms. The van der Waals surface area contributed by atoms with Gasteiger partial charge in [0.1, 0.15) is 5.75 Å². The molecule has 3 aromatic carbocycles. The molecule has 0 N–H and O–H groups in total. The highest BCUT2D eigenvalue weighted by atomic mass is 16.5. The van der Waals surface area contributed by atoms with Gasteiger partial charge in [0.05, 0.1) is 17.2 Å². The van der Waals surface area contributed by atoms with E-state index in [1.807, 2.05) is 55.5 Å². The number of hydrogen-bond donors (Lipinski definition) is 0. The lowest BCUT2D eigenvalue weighted by Gasteiger charge is -2.33. The second-order valence-corrected chi connectivity index (χ2v) is 9.32. The topological polar surface area (TPSA) is 72.8 Å². The first-order valence-corrected chi connectivity index (χ1v) is 11.9. The van der Waals surface area contributed by atoms with E-state index < -0.39 is 17.8 Å². The zero-order valence-electron chi connectivity index (χ0n) is 19.3. The molecule has 5 heteroatoms. The maximum absolute atomic E-state index is 13.5. The first kappa shape index (κ1) is 21.4. The molecule has 3 aromatic rings. The molecule has 0 radical (unpaired) electrons. The molecule has 0 fully saturated rings. The van der Waals surface area contributed by atoms with Crippen molar-refractivity contribution in [2.75, 3.05) is 0 Å². The minimum atomic E-state index is -0.519. The van der Waals surface area contributed by atoms with E-state index in [0.29, 0.717) is 28.9 Å². The van der Waals surface area contributed by atoms with Crippen molar-refractivity contribution in [2.45, 2.75) is 32.1 Å². The minimum absolute atomic E-state index is 0.00384. The first-order chi connectivity index (χ1) is 17.0. The Morgan fingerprint density at radius 2 is 1.57 bits per heavy atom. The molecule has 0 amide bonds. The summed E-state index contributed by atoms with van der Waals surface area (Å²) in [6, 6.07) is 21.9. The summed E-state index contributed by atoms with van der Waals surface area (Å²) in [5.41, 5.74) is 6.14. The molecular formula is C30H23NO4. The van der Waals surface area contributed by atoms with Crippen LogP contribution < -0.4 is 4.74 Å². The highest BCUT2D eigenvalue weighted by molar-refractivity contribution is 6.30. The van der Waals surface area contributed by atoms with Gasteiger partial charge in [-0.1, -0.05) is 54.1 Å². The zero-order valence-corrected chi connectivity index (χ0v) is 19.3. The van der Waals surface area contributed by atoms with Crippen molar-refractivity contribution in [3.63, 3.8) is 0 Å². The van der Waals surface area contributed by atoms with Crippen LogP contribution in [0.4, 0.5) is 0 Å². The van der Waals surface area contributed by atoms with Gasteiger partial charge in [-0.05, 0) is 49.6 Å². The van der Waals surface area contributed by atoms with E-state index in [2.05, 4.69) is 0 Å². The summed E-state index contributed by atoms with van der Waals surface area (Å²) in [6.45, 7) is 1.96. The second kappa shape index (κ2) is 8.27. The number of nitrogens with zero attached hydrogens (tertiary/aromatic N) is 1. The summed E-state index contributed by atoms with van der Waals surface area (Å²) in [7, 11) is 0. The van der Waals surface area contributed by atoms with E-state index >= 15 is 0 Å². The van der Waals surface area contributed by atoms with Gasteiger partial charge in [-0.2, -0.15) is 0 Å². The lowest BCUT2D eigenvalue weighted by atomic mass is 9.71. The number of ketones is 2. The van der Waals surface area contributed by atoms with E-state index in [1.54, 1.807) is 24.3 Å². The van der Waals surface area contributed by atoms with Crippen LogP contribution in [0.1, 0.15) is 62.6 Å². The third-order valence-corrected chi connectivity index (χ3v) is 7.11. The largest absolute Gasteiger partial charge is 0.423 e. The van der Waals surface area contributed by atoms with Crippen LogP contribution in [0.2, 0.25) is 0 Å². The molecule has 0 saturated carbocycles. The van der Waals surface area contributed by atoms with Crippen LogP contribution in [0.3, 0.4) is 0 Å². The molecule has 0 saturated heterocycles. The number of esters is 1. The highest BCUT2D eigenvalue weighted by Gasteiger charge is 2.48. The Morgan fingerprint density at radius 3 is 2.31 bits per heavy atom. The Hall–Kier alpha value is -4.12. The molecule has 5 nitrogen and oxygen atoms in total. The van der Waals surface area contributed by atoms with Crippen molar-refractivity contribution in [3.05, 3.63) is 112 Å². The molecule has 6 rings (SSSR count). The van der Waals surface area contributed by atoms with Crippen molar-refractivity contribution in [2.24, 2.45) is 10.9 Å². The number of benzene rings is 3. The third-order valence-electron chi connectivity index (χ3n) is 7.11. The fourth-order valence-corrected chi connectivity index (χ4v) is 5.41. The normalized spacial score (nSPS) is 20.7. The third kappa shape index (κ3) is 3.55. The van der Waals surface area contributed by atoms with Crippen molar-refractivity contribution >= 4 is 23.2 Å². The predicted molar refractivity (Wildman–Crippen MR) is 132 cm³/mol. The molecule has 2 atom stereocenters. The summed E-state index contributed by atoms with van der Waals surface area (Å²) in [4.78, 5) is 44.0. The van der Waals surface area contributed by atoms with Crippen LogP contribution in [0, 0.1) is 12.8 Å². The lowest BCUT2D eigenvalue weighted by molar-refractivity contribution is -0.116. The van der Waals surface area contributed by atoms with Crippen LogP contribution in [0.5, 0.6) is 5.75 Å². The predicted octanol–water partition coefficient (Wildman–Crippen LogP) is 5.62. The van der Waals surface area contributed by atoms with Gasteiger partial charge in [-0.25, -0.2) is 4.79 Å². The second-order valence-electron chi connectivity index (χ2n) is 9.32. The van der Waals surface area contributed by atoms with Gasteiger partial charge in [0.15, 0.2) is 11.6 Å². The van der Waals surface area contributed by atoms with E-state index in [0.717, 1.165) is 40.9 Å². The van der Waals surface area contributed by atoms with Crippen LogP contribution in [-0.4, -0.2) is 23.2 Å². The Labute approximate surface area is 203 Å². The van der Waals surface area contributed by atoms with Gasteiger partial charge in [-0.15, -0.1) is 0 Å². The SMILES string of the molecule is Cc1ccc(C(=O)Oc2ccc([C@@H]3C4=C(CCCC4=O)N=C4c5ccccc5C(=O)[C@@H]43)cc2)cc1. The summed E-state index contributed by atoms with van der Waals surface area (Å²) < 4.78 is 5.56.